The second-order valence-corrected chi connectivity index (χ2v) is 8.18. The zero-order chi connectivity index (χ0) is 17.8. The molecule has 2 N–H and O–H groups in total. The van der Waals surface area contributed by atoms with Gasteiger partial charge in [0, 0.05) is 20.1 Å². The van der Waals surface area contributed by atoms with Gasteiger partial charge in [0.1, 0.15) is 0 Å². The lowest BCUT2D eigenvalue weighted by Gasteiger charge is -2.16. The Kier molecular flexibility index (Phi) is 12.9. The van der Waals surface area contributed by atoms with Crippen LogP contribution in [-0.4, -0.2) is 40.3 Å². The monoisotopic (exact) mass is 481 g/mol. The van der Waals surface area contributed by atoms with Crippen molar-refractivity contribution in [3.8, 4) is 0 Å². The molecule has 1 rings (SSSR count). The van der Waals surface area contributed by atoms with Gasteiger partial charge in [-0.15, -0.1) is 24.0 Å². The maximum Gasteiger partial charge on any atom is 0.190 e. The minimum atomic E-state index is -3.07. The molecule has 1 aromatic carbocycles. The van der Waals surface area contributed by atoms with Crippen LogP contribution in [0.3, 0.4) is 0 Å². The van der Waals surface area contributed by atoms with Crippen molar-refractivity contribution in [1.82, 2.24) is 10.6 Å². The average molecular weight is 481 g/mol. The Morgan fingerprint density at radius 1 is 1.12 bits per heavy atom. The molecule has 0 aromatic heterocycles. The predicted molar refractivity (Wildman–Crippen MR) is 117 cm³/mol. The van der Waals surface area contributed by atoms with E-state index < -0.39 is 9.84 Å². The number of sulfone groups is 1. The summed E-state index contributed by atoms with van der Waals surface area (Å²) in [6.45, 7) is 5.85. The van der Waals surface area contributed by atoms with E-state index in [0.29, 0.717) is 18.9 Å². The van der Waals surface area contributed by atoms with Crippen molar-refractivity contribution >= 4 is 39.8 Å². The SMILES string of the molecule is CCC(CC)CNC(=NC)NCCCS(=O)(=O)Cc1ccccc1.I. The molecule has 0 fully saturated rings. The summed E-state index contributed by atoms with van der Waals surface area (Å²) in [4.78, 5) is 4.18. The average Bonchev–Trinajstić information content (AvgIpc) is 2.58. The minimum Gasteiger partial charge on any atom is -0.356 e. The molecule has 0 spiro atoms. The van der Waals surface area contributed by atoms with E-state index in [0.717, 1.165) is 30.9 Å². The van der Waals surface area contributed by atoms with Gasteiger partial charge < -0.3 is 10.6 Å². The fourth-order valence-electron chi connectivity index (χ4n) is 2.44. The van der Waals surface area contributed by atoms with E-state index >= 15 is 0 Å². The minimum absolute atomic E-state index is 0. The summed E-state index contributed by atoms with van der Waals surface area (Å²) in [5.74, 6) is 1.66. The Hall–Kier alpha value is -0.830. The number of nitrogens with zero attached hydrogens (tertiary/aromatic N) is 1. The fraction of sp³-hybridized carbons (Fsp3) is 0.611. The van der Waals surface area contributed by atoms with Crippen molar-refractivity contribution in [2.75, 3.05) is 25.9 Å². The number of guanidine groups is 1. The van der Waals surface area contributed by atoms with E-state index in [1.54, 1.807) is 7.05 Å². The number of aliphatic imine (C=N–C) groups is 1. The standard InChI is InChI=1S/C18H31N3O2S.HI/c1-4-16(5-2)14-21-18(19-3)20-12-9-13-24(22,23)15-17-10-7-6-8-11-17;/h6-8,10-11,16H,4-5,9,12-15H2,1-3H3,(H2,19,20,21);1H. The van der Waals surface area contributed by atoms with Gasteiger partial charge in [0.25, 0.3) is 0 Å². The fourth-order valence-corrected chi connectivity index (χ4v) is 3.87. The smallest absolute Gasteiger partial charge is 0.190 e. The van der Waals surface area contributed by atoms with E-state index in [1.807, 2.05) is 30.3 Å². The summed E-state index contributed by atoms with van der Waals surface area (Å²) in [5.41, 5.74) is 0.841. The largest absolute Gasteiger partial charge is 0.356 e. The maximum absolute atomic E-state index is 12.1. The van der Waals surface area contributed by atoms with Crippen LogP contribution >= 0.6 is 24.0 Å². The Labute approximate surface area is 170 Å². The van der Waals surface area contributed by atoms with E-state index in [2.05, 4.69) is 29.5 Å². The van der Waals surface area contributed by atoms with Crippen LogP contribution in [0.1, 0.15) is 38.7 Å². The maximum atomic E-state index is 12.1. The number of nitrogens with one attached hydrogen (secondary N) is 2. The lowest BCUT2D eigenvalue weighted by atomic mass is 10.0. The first kappa shape index (κ1) is 24.2. The molecule has 0 saturated heterocycles. The van der Waals surface area contributed by atoms with Crippen LogP contribution in [-0.2, 0) is 15.6 Å². The third kappa shape index (κ3) is 10.7. The van der Waals surface area contributed by atoms with E-state index in [-0.39, 0.29) is 35.5 Å². The highest BCUT2D eigenvalue weighted by Gasteiger charge is 2.11. The molecule has 0 heterocycles. The van der Waals surface area contributed by atoms with Gasteiger partial charge in [-0.2, -0.15) is 0 Å². The first-order valence-electron chi connectivity index (χ1n) is 8.69. The van der Waals surface area contributed by atoms with Gasteiger partial charge in [-0.25, -0.2) is 8.42 Å². The first-order chi connectivity index (χ1) is 11.5. The van der Waals surface area contributed by atoms with Gasteiger partial charge in [0.2, 0.25) is 0 Å². The molecule has 7 heteroatoms. The Morgan fingerprint density at radius 2 is 1.76 bits per heavy atom. The van der Waals surface area contributed by atoms with E-state index in [1.165, 1.54) is 0 Å². The summed E-state index contributed by atoms with van der Waals surface area (Å²) in [5, 5.41) is 6.48. The number of rotatable bonds is 10. The third-order valence-corrected chi connectivity index (χ3v) is 5.77. The molecule has 0 aliphatic rings. The van der Waals surface area contributed by atoms with Crippen LogP contribution in [0.15, 0.2) is 35.3 Å². The highest BCUT2D eigenvalue weighted by Crippen LogP contribution is 2.07. The number of benzene rings is 1. The molecule has 0 bridgehead atoms. The van der Waals surface area contributed by atoms with Crippen LogP contribution in [0.2, 0.25) is 0 Å². The van der Waals surface area contributed by atoms with Gasteiger partial charge in [-0.3, -0.25) is 4.99 Å². The molecule has 0 aliphatic carbocycles. The van der Waals surface area contributed by atoms with Gasteiger partial charge in [-0.05, 0) is 17.9 Å². The first-order valence-corrected chi connectivity index (χ1v) is 10.5. The number of hydrogen-bond acceptors (Lipinski definition) is 3. The van der Waals surface area contributed by atoms with Crippen molar-refractivity contribution in [1.29, 1.82) is 0 Å². The van der Waals surface area contributed by atoms with Crippen molar-refractivity contribution in [2.45, 2.75) is 38.9 Å². The molecular formula is C18H32IN3O2S. The lowest BCUT2D eigenvalue weighted by Crippen LogP contribution is -2.40. The quantitative estimate of drug-likeness (QED) is 0.233. The highest BCUT2D eigenvalue weighted by atomic mass is 127. The van der Waals surface area contributed by atoms with E-state index in [4.69, 9.17) is 0 Å². The molecule has 25 heavy (non-hydrogen) atoms. The summed E-state index contributed by atoms with van der Waals surface area (Å²) >= 11 is 0. The zero-order valence-corrected chi connectivity index (χ0v) is 18.6. The normalized spacial score (nSPS) is 11.9. The summed E-state index contributed by atoms with van der Waals surface area (Å²) in [7, 11) is -1.34. The van der Waals surface area contributed by atoms with Crippen LogP contribution < -0.4 is 10.6 Å². The molecule has 0 unspecified atom stereocenters. The Bertz CT molecular complexity index is 588. The van der Waals surface area contributed by atoms with Crippen LogP contribution in [0.5, 0.6) is 0 Å². The molecular weight excluding hydrogens is 449 g/mol. The van der Waals surface area contributed by atoms with Gasteiger partial charge in [-0.1, -0.05) is 57.0 Å². The summed E-state index contributed by atoms with van der Waals surface area (Å²) < 4.78 is 24.3. The lowest BCUT2D eigenvalue weighted by molar-refractivity contribution is 0.481. The third-order valence-electron chi connectivity index (χ3n) is 4.09. The second kappa shape index (κ2) is 13.4. The zero-order valence-electron chi connectivity index (χ0n) is 15.5. The molecule has 0 radical (unpaired) electrons. The molecule has 144 valence electrons. The molecule has 1 aromatic rings. The van der Waals surface area contributed by atoms with Crippen LogP contribution in [0.4, 0.5) is 0 Å². The Morgan fingerprint density at radius 3 is 2.32 bits per heavy atom. The summed E-state index contributed by atoms with van der Waals surface area (Å²) in [6.07, 6.45) is 2.84. The van der Waals surface area contributed by atoms with Crippen molar-refractivity contribution < 1.29 is 8.42 Å². The van der Waals surface area contributed by atoms with Crippen molar-refractivity contribution in [2.24, 2.45) is 10.9 Å². The number of halogens is 1. The van der Waals surface area contributed by atoms with Gasteiger partial charge >= 0.3 is 0 Å². The second-order valence-electron chi connectivity index (χ2n) is 5.99. The molecule has 0 atom stereocenters. The molecule has 0 amide bonds. The molecule has 0 aliphatic heterocycles. The predicted octanol–water partition coefficient (Wildman–Crippen LogP) is 3.21. The molecule has 0 saturated carbocycles. The van der Waals surface area contributed by atoms with E-state index in [9.17, 15) is 8.42 Å². The van der Waals surface area contributed by atoms with Crippen LogP contribution in [0.25, 0.3) is 0 Å². The molecule has 5 nitrogen and oxygen atoms in total. The summed E-state index contributed by atoms with van der Waals surface area (Å²) in [6, 6.07) is 9.31. The Balaban J connectivity index is 0.00000576. The van der Waals surface area contributed by atoms with Crippen molar-refractivity contribution in [3.63, 3.8) is 0 Å². The van der Waals surface area contributed by atoms with Gasteiger partial charge in [0.05, 0.1) is 11.5 Å². The number of hydrogen-bond donors (Lipinski definition) is 2. The topological polar surface area (TPSA) is 70.6 Å². The highest BCUT2D eigenvalue weighted by molar-refractivity contribution is 14.0. The van der Waals surface area contributed by atoms with Crippen LogP contribution in [0, 0.1) is 5.92 Å². The van der Waals surface area contributed by atoms with Gasteiger partial charge in [0.15, 0.2) is 15.8 Å². The van der Waals surface area contributed by atoms with Crippen molar-refractivity contribution in [3.05, 3.63) is 35.9 Å².